The van der Waals surface area contributed by atoms with E-state index in [1.807, 2.05) is 42.5 Å². The number of aliphatic hydroxyl groups is 1. The quantitative estimate of drug-likeness (QED) is 0.689. The highest BCUT2D eigenvalue weighted by Gasteiger charge is 2.29. The molecule has 1 aliphatic rings. The molecule has 1 heterocycles. The van der Waals surface area contributed by atoms with Crippen LogP contribution in [0.2, 0.25) is 0 Å². The molecular weight excluding hydrogens is 362 g/mol. The molecular formula is C25H29NO3. The van der Waals surface area contributed by atoms with Gasteiger partial charge in [0, 0.05) is 25.3 Å². The Balaban J connectivity index is 1.72. The van der Waals surface area contributed by atoms with E-state index in [2.05, 4.69) is 24.3 Å². The van der Waals surface area contributed by atoms with Crippen LogP contribution in [0.5, 0.6) is 0 Å². The third kappa shape index (κ3) is 5.96. The van der Waals surface area contributed by atoms with Gasteiger partial charge in [-0.05, 0) is 29.5 Å². The van der Waals surface area contributed by atoms with Gasteiger partial charge in [0.2, 0.25) is 0 Å². The molecule has 2 aromatic carbocycles. The minimum Gasteiger partial charge on any atom is -0.378 e. The van der Waals surface area contributed by atoms with Crippen molar-refractivity contribution in [3.8, 4) is 0 Å². The number of aldehydes is 1. The van der Waals surface area contributed by atoms with E-state index >= 15 is 0 Å². The van der Waals surface area contributed by atoms with Gasteiger partial charge < -0.3 is 9.90 Å². The summed E-state index contributed by atoms with van der Waals surface area (Å²) in [4.78, 5) is 25.4. The highest BCUT2D eigenvalue weighted by molar-refractivity contribution is 5.86. The van der Waals surface area contributed by atoms with E-state index < -0.39 is 6.23 Å². The van der Waals surface area contributed by atoms with Gasteiger partial charge in [-0.3, -0.25) is 9.69 Å². The van der Waals surface area contributed by atoms with Crippen molar-refractivity contribution in [2.75, 3.05) is 13.1 Å². The highest BCUT2D eigenvalue weighted by atomic mass is 16.3. The number of rotatable bonds is 8. The fourth-order valence-corrected chi connectivity index (χ4v) is 4.03. The maximum absolute atomic E-state index is 12.8. The van der Waals surface area contributed by atoms with Crippen molar-refractivity contribution in [1.82, 2.24) is 4.90 Å². The van der Waals surface area contributed by atoms with Crippen molar-refractivity contribution in [3.63, 3.8) is 0 Å². The number of benzene rings is 2. The van der Waals surface area contributed by atoms with E-state index in [0.29, 0.717) is 19.4 Å². The fourth-order valence-electron chi connectivity index (χ4n) is 4.03. The maximum Gasteiger partial charge on any atom is 0.137 e. The average molecular weight is 392 g/mol. The molecule has 0 radical (unpaired) electrons. The molecule has 152 valence electrons. The Bertz CT molecular complexity index is 775. The third-order valence-electron chi connectivity index (χ3n) is 5.57. The molecule has 2 atom stereocenters. The van der Waals surface area contributed by atoms with Gasteiger partial charge in [-0.2, -0.15) is 0 Å². The minimum absolute atomic E-state index is 0.116. The summed E-state index contributed by atoms with van der Waals surface area (Å²) in [6.45, 7) is 0.925. The molecule has 0 spiro atoms. The fraction of sp³-hybridized carbons (Fsp3) is 0.360. The number of hydrogen-bond donors (Lipinski definition) is 1. The van der Waals surface area contributed by atoms with Crippen LogP contribution in [0, 0.1) is 5.92 Å². The Labute approximate surface area is 172 Å². The summed E-state index contributed by atoms with van der Waals surface area (Å²) in [6.07, 6.45) is 5.50. The summed E-state index contributed by atoms with van der Waals surface area (Å²) >= 11 is 0. The van der Waals surface area contributed by atoms with E-state index in [-0.39, 0.29) is 18.2 Å². The first-order valence-electron chi connectivity index (χ1n) is 10.4. The number of ketones is 1. The lowest BCUT2D eigenvalue weighted by Crippen LogP contribution is -2.41. The molecule has 0 aliphatic carbocycles. The second kappa shape index (κ2) is 10.8. The monoisotopic (exact) mass is 391 g/mol. The number of carbonyl (C=O) groups excluding carboxylic acids is 2. The number of likely N-dealkylation sites (tertiary alicyclic amines) is 1. The Morgan fingerprint density at radius 3 is 2.21 bits per heavy atom. The average Bonchev–Trinajstić information content (AvgIpc) is 2.92. The van der Waals surface area contributed by atoms with Gasteiger partial charge >= 0.3 is 0 Å². The van der Waals surface area contributed by atoms with Gasteiger partial charge in [-0.25, -0.2) is 0 Å². The van der Waals surface area contributed by atoms with Crippen molar-refractivity contribution in [3.05, 3.63) is 77.9 Å². The third-order valence-corrected chi connectivity index (χ3v) is 5.57. The van der Waals surface area contributed by atoms with Crippen LogP contribution in [0.3, 0.4) is 0 Å². The summed E-state index contributed by atoms with van der Waals surface area (Å²) < 4.78 is 0. The van der Waals surface area contributed by atoms with E-state index in [1.165, 1.54) is 0 Å². The normalized spacial score (nSPS) is 19.9. The molecule has 4 nitrogen and oxygen atoms in total. The van der Waals surface area contributed by atoms with Crippen LogP contribution < -0.4 is 0 Å². The number of hydrogen-bond acceptors (Lipinski definition) is 4. The summed E-state index contributed by atoms with van der Waals surface area (Å²) in [5, 5.41) is 10.6. The standard InChI is InChI=1S/C25H29NO3/c27-18-17-26-16-8-7-13-22(25(26)29)19-23(28)14-15-24(20-9-3-1-4-10-20)21-11-5-2-6-12-21/h1-6,9-12,15,18,22,25,29H,7-8,13-14,16-17,19H2. The van der Waals surface area contributed by atoms with Crippen molar-refractivity contribution in [2.45, 2.75) is 38.3 Å². The predicted octanol–water partition coefficient (Wildman–Crippen LogP) is 4.09. The Morgan fingerprint density at radius 1 is 1.00 bits per heavy atom. The Morgan fingerprint density at radius 2 is 1.62 bits per heavy atom. The maximum atomic E-state index is 12.8. The van der Waals surface area contributed by atoms with Gasteiger partial charge in [0.25, 0.3) is 0 Å². The number of Topliss-reactive ketones (excluding diaryl/α,β-unsaturated/α-hetero) is 1. The van der Waals surface area contributed by atoms with Gasteiger partial charge in [-0.15, -0.1) is 0 Å². The topological polar surface area (TPSA) is 57.6 Å². The van der Waals surface area contributed by atoms with Crippen LogP contribution in [0.1, 0.15) is 43.2 Å². The van der Waals surface area contributed by atoms with Gasteiger partial charge in [0.15, 0.2) is 0 Å². The van der Waals surface area contributed by atoms with Crippen LogP contribution in [-0.4, -0.2) is 41.4 Å². The number of nitrogens with zero attached hydrogens (tertiary/aromatic N) is 1. The molecule has 2 unspecified atom stereocenters. The van der Waals surface area contributed by atoms with Crippen LogP contribution in [0.4, 0.5) is 0 Å². The largest absolute Gasteiger partial charge is 0.378 e. The summed E-state index contributed by atoms with van der Waals surface area (Å²) in [5.74, 6) is 0.00150. The number of aliphatic hydroxyl groups excluding tert-OH is 1. The first kappa shape index (κ1) is 21.2. The lowest BCUT2D eigenvalue weighted by Gasteiger charge is -2.29. The first-order valence-corrected chi connectivity index (χ1v) is 10.4. The van der Waals surface area contributed by atoms with Crippen molar-refractivity contribution in [2.24, 2.45) is 5.92 Å². The van der Waals surface area contributed by atoms with E-state index in [1.54, 1.807) is 4.90 Å². The molecule has 1 N–H and O–H groups in total. The van der Waals surface area contributed by atoms with Crippen LogP contribution >= 0.6 is 0 Å². The molecule has 29 heavy (non-hydrogen) atoms. The lowest BCUT2D eigenvalue weighted by molar-refractivity contribution is -0.122. The lowest BCUT2D eigenvalue weighted by atomic mass is 9.92. The molecule has 1 saturated heterocycles. The van der Waals surface area contributed by atoms with Crippen molar-refractivity contribution in [1.29, 1.82) is 0 Å². The zero-order chi connectivity index (χ0) is 20.5. The van der Waals surface area contributed by atoms with Crippen LogP contribution in [0.15, 0.2) is 66.7 Å². The number of allylic oxidation sites excluding steroid dienone is 1. The number of carbonyl (C=O) groups is 2. The van der Waals surface area contributed by atoms with Crippen molar-refractivity contribution < 1.29 is 14.7 Å². The molecule has 0 saturated carbocycles. The molecule has 1 fully saturated rings. The molecule has 3 rings (SSSR count). The minimum atomic E-state index is -0.724. The molecule has 0 bridgehead atoms. The first-order chi connectivity index (χ1) is 14.2. The van der Waals surface area contributed by atoms with E-state index in [4.69, 9.17) is 0 Å². The highest BCUT2D eigenvalue weighted by Crippen LogP contribution is 2.27. The molecule has 0 aromatic heterocycles. The van der Waals surface area contributed by atoms with Gasteiger partial charge in [-0.1, -0.05) is 73.2 Å². The van der Waals surface area contributed by atoms with Gasteiger partial charge in [0.05, 0.1) is 6.54 Å². The summed E-state index contributed by atoms with van der Waals surface area (Å²) in [5.41, 5.74) is 3.21. The molecule has 2 aromatic rings. The van der Waals surface area contributed by atoms with E-state index in [0.717, 1.165) is 42.2 Å². The second-order valence-electron chi connectivity index (χ2n) is 7.63. The second-order valence-corrected chi connectivity index (χ2v) is 7.63. The summed E-state index contributed by atoms with van der Waals surface area (Å²) in [6, 6.07) is 20.2. The zero-order valence-electron chi connectivity index (χ0n) is 16.7. The predicted molar refractivity (Wildman–Crippen MR) is 115 cm³/mol. The van der Waals surface area contributed by atoms with Crippen molar-refractivity contribution >= 4 is 17.6 Å². The summed E-state index contributed by atoms with van der Waals surface area (Å²) in [7, 11) is 0. The smallest absolute Gasteiger partial charge is 0.137 e. The Kier molecular flexibility index (Phi) is 7.91. The molecule has 0 amide bonds. The Hall–Kier alpha value is -2.56. The SMILES string of the molecule is O=CCN1CCCCC(CC(=O)CC=C(c2ccccc2)c2ccccc2)C1O. The van der Waals surface area contributed by atoms with Crippen LogP contribution in [0.25, 0.3) is 5.57 Å². The molecule has 4 heteroatoms. The van der Waals surface area contributed by atoms with Gasteiger partial charge in [0.1, 0.15) is 18.3 Å². The molecule has 1 aliphatic heterocycles. The van der Waals surface area contributed by atoms with Crippen LogP contribution in [-0.2, 0) is 9.59 Å². The zero-order valence-corrected chi connectivity index (χ0v) is 16.7. The van der Waals surface area contributed by atoms with E-state index in [9.17, 15) is 14.7 Å².